The lowest BCUT2D eigenvalue weighted by molar-refractivity contribution is -0.126. The van der Waals surface area contributed by atoms with Crippen LogP contribution in [0.5, 0.6) is 0 Å². The predicted molar refractivity (Wildman–Crippen MR) is 88.4 cm³/mol. The average molecular weight is 297 g/mol. The van der Waals surface area contributed by atoms with Crippen molar-refractivity contribution >= 4 is 5.91 Å². The Bertz CT molecular complexity index is 648. The van der Waals surface area contributed by atoms with Crippen LogP contribution in [0.2, 0.25) is 0 Å². The normalized spacial score (nSPS) is 13.5. The molecule has 2 aromatic carbocycles. The second-order valence-corrected chi connectivity index (χ2v) is 6.02. The van der Waals surface area contributed by atoms with Crippen LogP contribution in [0.25, 0.3) is 0 Å². The monoisotopic (exact) mass is 297 g/mol. The van der Waals surface area contributed by atoms with Crippen molar-refractivity contribution in [1.82, 2.24) is 5.32 Å². The SMILES string of the molecule is Cc1ccc(CNC(=O)CC(C)(O)c2ccccc2)c(C)c1. The van der Waals surface area contributed by atoms with Gasteiger partial charge in [-0.05, 0) is 37.5 Å². The van der Waals surface area contributed by atoms with Gasteiger partial charge in [0, 0.05) is 6.54 Å². The first-order valence-electron chi connectivity index (χ1n) is 7.49. The molecule has 3 nitrogen and oxygen atoms in total. The molecule has 2 rings (SSSR count). The fourth-order valence-electron chi connectivity index (χ4n) is 2.51. The van der Waals surface area contributed by atoms with Crippen LogP contribution in [-0.2, 0) is 16.9 Å². The number of amides is 1. The zero-order valence-electron chi connectivity index (χ0n) is 13.4. The number of carbonyl (C=O) groups excluding carboxylic acids is 1. The van der Waals surface area contributed by atoms with Gasteiger partial charge in [0.15, 0.2) is 0 Å². The fraction of sp³-hybridized carbons (Fsp3) is 0.316. The predicted octanol–water partition coefficient (Wildman–Crippen LogP) is 3.22. The van der Waals surface area contributed by atoms with E-state index in [0.717, 1.165) is 16.7 Å². The van der Waals surface area contributed by atoms with E-state index in [-0.39, 0.29) is 12.3 Å². The molecular formula is C19H23NO2. The molecule has 1 amide bonds. The molecular weight excluding hydrogens is 274 g/mol. The molecule has 0 spiro atoms. The molecule has 0 radical (unpaired) electrons. The van der Waals surface area contributed by atoms with E-state index in [4.69, 9.17) is 0 Å². The van der Waals surface area contributed by atoms with Gasteiger partial charge in [-0.1, -0.05) is 54.1 Å². The molecule has 2 N–H and O–H groups in total. The maximum Gasteiger partial charge on any atom is 0.223 e. The van der Waals surface area contributed by atoms with Crippen molar-refractivity contribution in [2.24, 2.45) is 0 Å². The number of nitrogens with one attached hydrogen (secondary N) is 1. The second-order valence-electron chi connectivity index (χ2n) is 6.02. The minimum atomic E-state index is -1.16. The van der Waals surface area contributed by atoms with Gasteiger partial charge in [-0.15, -0.1) is 0 Å². The van der Waals surface area contributed by atoms with Crippen molar-refractivity contribution in [2.45, 2.75) is 39.3 Å². The van der Waals surface area contributed by atoms with Crippen LogP contribution in [0.1, 0.15) is 35.6 Å². The number of rotatable bonds is 5. The average Bonchev–Trinajstić information content (AvgIpc) is 2.47. The first kappa shape index (κ1) is 16.2. The summed E-state index contributed by atoms with van der Waals surface area (Å²) in [6, 6.07) is 15.4. The molecule has 0 saturated heterocycles. The summed E-state index contributed by atoms with van der Waals surface area (Å²) in [5, 5.41) is 13.4. The summed E-state index contributed by atoms with van der Waals surface area (Å²) < 4.78 is 0. The third-order valence-corrected chi connectivity index (χ3v) is 3.87. The second kappa shape index (κ2) is 6.75. The van der Waals surface area contributed by atoms with E-state index < -0.39 is 5.60 Å². The topological polar surface area (TPSA) is 49.3 Å². The number of benzene rings is 2. The van der Waals surface area contributed by atoms with E-state index in [2.05, 4.69) is 11.4 Å². The van der Waals surface area contributed by atoms with Crippen molar-refractivity contribution in [3.63, 3.8) is 0 Å². The largest absolute Gasteiger partial charge is 0.385 e. The molecule has 0 aromatic heterocycles. The molecule has 0 aliphatic rings. The molecule has 3 heteroatoms. The maximum absolute atomic E-state index is 12.1. The van der Waals surface area contributed by atoms with Gasteiger partial charge in [-0.25, -0.2) is 0 Å². The van der Waals surface area contributed by atoms with E-state index in [1.165, 1.54) is 5.56 Å². The summed E-state index contributed by atoms with van der Waals surface area (Å²) in [6.45, 7) is 6.23. The van der Waals surface area contributed by atoms with Gasteiger partial charge in [0.05, 0.1) is 12.0 Å². The Morgan fingerprint density at radius 1 is 1.14 bits per heavy atom. The first-order valence-corrected chi connectivity index (χ1v) is 7.49. The number of carbonyl (C=O) groups is 1. The first-order chi connectivity index (χ1) is 10.4. The van der Waals surface area contributed by atoms with Crippen molar-refractivity contribution in [2.75, 3.05) is 0 Å². The summed E-state index contributed by atoms with van der Waals surface area (Å²) >= 11 is 0. The molecule has 0 fully saturated rings. The lowest BCUT2D eigenvalue weighted by Gasteiger charge is -2.23. The minimum Gasteiger partial charge on any atom is -0.385 e. The number of aliphatic hydroxyl groups is 1. The Hall–Kier alpha value is -2.13. The van der Waals surface area contributed by atoms with Crippen LogP contribution in [0, 0.1) is 13.8 Å². The highest BCUT2D eigenvalue weighted by molar-refractivity contribution is 5.77. The van der Waals surface area contributed by atoms with Crippen LogP contribution in [0.15, 0.2) is 48.5 Å². The molecule has 0 bridgehead atoms. The molecule has 22 heavy (non-hydrogen) atoms. The Morgan fingerprint density at radius 2 is 1.82 bits per heavy atom. The molecule has 1 atom stereocenters. The Labute approximate surface area is 132 Å². The van der Waals surface area contributed by atoms with Gasteiger partial charge < -0.3 is 10.4 Å². The van der Waals surface area contributed by atoms with Gasteiger partial charge >= 0.3 is 0 Å². The lowest BCUT2D eigenvalue weighted by atomic mass is 9.92. The van der Waals surface area contributed by atoms with Gasteiger partial charge in [0.25, 0.3) is 0 Å². The van der Waals surface area contributed by atoms with E-state index in [1.807, 2.05) is 56.3 Å². The summed E-state index contributed by atoms with van der Waals surface area (Å²) in [6.07, 6.45) is 0.0436. The van der Waals surface area contributed by atoms with E-state index in [0.29, 0.717) is 6.54 Å². The molecule has 1 unspecified atom stereocenters. The van der Waals surface area contributed by atoms with Crippen LogP contribution in [0.4, 0.5) is 0 Å². The van der Waals surface area contributed by atoms with Crippen molar-refractivity contribution in [3.05, 3.63) is 70.8 Å². The fourth-order valence-corrected chi connectivity index (χ4v) is 2.51. The van der Waals surface area contributed by atoms with Crippen LogP contribution < -0.4 is 5.32 Å². The molecule has 0 aliphatic carbocycles. The van der Waals surface area contributed by atoms with Crippen molar-refractivity contribution in [3.8, 4) is 0 Å². The van der Waals surface area contributed by atoms with Crippen LogP contribution in [0.3, 0.4) is 0 Å². The van der Waals surface area contributed by atoms with Gasteiger partial charge in [0.2, 0.25) is 5.91 Å². The highest BCUT2D eigenvalue weighted by atomic mass is 16.3. The number of hydrogen-bond acceptors (Lipinski definition) is 2. The highest BCUT2D eigenvalue weighted by Gasteiger charge is 2.26. The summed E-state index contributed by atoms with van der Waals surface area (Å²) in [4.78, 5) is 12.1. The standard InChI is InChI=1S/C19H23NO2/c1-14-9-10-16(15(2)11-14)13-20-18(21)12-19(3,22)17-7-5-4-6-8-17/h4-11,22H,12-13H2,1-3H3,(H,20,21). The Balaban J connectivity index is 1.95. The number of hydrogen-bond donors (Lipinski definition) is 2. The number of aryl methyl sites for hydroxylation is 2. The van der Waals surface area contributed by atoms with Gasteiger partial charge in [-0.3, -0.25) is 4.79 Å². The van der Waals surface area contributed by atoms with Crippen LogP contribution in [-0.4, -0.2) is 11.0 Å². The van der Waals surface area contributed by atoms with Gasteiger partial charge in [0.1, 0.15) is 0 Å². The summed E-state index contributed by atoms with van der Waals surface area (Å²) in [7, 11) is 0. The van der Waals surface area contributed by atoms with Crippen molar-refractivity contribution in [1.29, 1.82) is 0 Å². The zero-order valence-corrected chi connectivity index (χ0v) is 13.4. The lowest BCUT2D eigenvalue weighted by Crippen LogP contribution is -2.32. The molecule has 0 heterocycles. The third-order valence-electron chi connectivity index (χ3n) is 3.87. The summed E-state index contributed by atoms with van der Waals surface area (Å²) in [5.41, 5.74) is 3.05. The smallest absolute Gasteiger partial charge is 0.223 e. The zero-order chi connectivity index (χ0) is 16.2. The van der Waals surface area contributed by atoms with Gasteiger partial charge in [-0.2, -0.15) is 0 Å². The Kier molecular flexibility index (Phi) is 4.99. The van der Waals surface area contributed by atoms with E-state index in [1.54, 1.807) is 6.92 Å². The summed E-state index contributed by atoms with van der Waals surface area (Å²) in [5.74, 6) is -0.158. The highest BCUT2D eigenvalue weighted by Crippen LogP contribution is 2.24. The molecule has 116 valence electrons. The Morgan fingerprint density at radius 3 is 2.45 bits per heavy atom. The maximum atomic E-state index is 12.1. The van der Waals surface area contributed by atoms with E-state index >= 15 is 0 Å². The minimum absolute atomic E-state index is 0.0436. The molecule has 0 aliphatic heterocycles. The third kappa shape index (κ3) is 4.18. The van der Waals surface area contributed by atoms with Crippen LogP contribution >= 0.6 is 0 Å². The quantitative estimate of drug-likeness (QED) is 0.890. The van der Waals surface area contributed by atoms with Crippen molar-refractivity contribution < 1.29 is 9.90 Å². The van der Waals surface area contributed by atoms with E-state index in [9.17, 15) is 9.90 Å². The molecule has 0 saturated carbocycles. The molecule has 2 aromatic rings.